The first-order chi connectivity index (χ1) is 15.6. The molecule has 0 fully saturated rings. The van der Waals surface area contributed by atoms with Crippen molar-refractivity contribution in [1.29, 1.82) is 0 Å². The van der Waals surface area contributed by atoms with E-state index in [0.29, 0.717) is 24.9 Å². The van der Waals surface area contributed by atoms with Gasteiger partial charge in [-0.25, -0.2) is 0 Å². The van der Waals surface area contributed by atoms with Gasteiger partial charge in [0.15, 0.2) is 0 Å². The first-order valence-corrected chi connectivity index (χ1v) is 11.1. The quantitative estimate of drug-likeness (QED) is 0.391. The lowest BCUT2D eigenvalue weighted by Gasteiger charge is -2.23. The third kappa shape index (κ3) is 10.3. The van der Waals surface area contributed by atoms with E-state index in [1.165, 1.54) is 6.20 Å². The third-order valence-electron chi connectivity index (χ3n) is 4.98. The van der Waals surface area contributed by atoms with Crippen LogP contribution in [0.25, 0.3) is 0 Å². The number of pyridine rings is 1. The van der Waals surface area contributed by atoms with Gasteiger partial charge < -0.3 is 21.1 Å². The molecule has 33 heavy (non-hydrogen) atoms. The lowest BCUT2D eigenvalue weighted by Crippen LogP contribution is -2.49. The molecule has 4 N–H and O–H groups in total. The van der Waals surface area contributed by atoms with Gasteiger partial charge in [0.2, 0.25) is 5.91 Å². The van der Waals surface area contributed by atoms with Crippen LogP contribution in [0.15, 0.2) is 54.9 Å². The largest absolute Gasteiger partial charge is 0.480 e. The monoisotopic (exact) mass is 454 g/mol. The van der Waals surface area contributed by atoms with E-state index in [4.69, 9.17) is 0 Å². The topological polar surface area (TPSA) is 120 Å². The van der Waals surface area contributed by atoms with E-state index in [2.05, 4.69) is 20.9 Å². The number of rotatable bonds is 12. The van der Waals surface area contributed by atoms with Gasteiger partial charge in [-0.05, 0) is 36.0 Å². The van der Waals surface area contributed by atoms with E-state index >= 15 is 0 Å². The van der Waals surface area contributed by atoms with Crippen LogP contribution in [0.1, 0.15) is 49.5 Å². The number of hydrogen-bond acceptors (Lipinski definition) is 5. The molecule has 2 rings (SSSR count). The van der Waals surface area contributed by atoms with Gasteiger partial charge in [0.1, 0.15) is 6.04 Å². The molecule has 8 nitrogen and oxygen atoms in total. The number of amides is 2. The van der Waals surface area contributed by atoms with E-state index in [0.717, 1.165) is 5.56 Å². The van der Waals surface area contributed by atoms with E-state index in [9.17, 15) is 19.5 Å². The SMILES string of the molecule is CC(C)(C)CNC(=O)C[C@@H](CN[C@@H](CCc1ccccc1)C(=O)O)NC(=O)c1cccnc1. The number of benzene rings is 1. The molecule has 0 aliphatic rings. The fourth-order valence-electron chi connectivity index (χ4n) is 3.15. The molecule has 0 spiro atoms. The molecule has 0 radical (unpaired) electrons. The highest BCUT2D eigenvalue weighted by molar-refractivity contribution is 5.94. The highest BCUT2D eigenvalue weighted by atomic mass is 16.4. The van der Waals surface area contributed by atoms with Gasteiger partial charge in [-0.2, -0.15) is 0 Å². The molecule has 0 aliphatic heterocycles. The number of carbonyl (C=O) groups excluding carboxylic acids is 2. The summed E-state index contributed by atoms with van der Waals surface area (Å²) in [5.41, 5.74) is 1.35. The summed E-state index contributed by atoms with van der Waals surface area (Å²) < 4.78 is 0. The van der Waals surface area contributed by atoms with Crippen molar-refractivity contribution in [2.45, 2.75) is 52.1 Å². The van der Waals surface area contributed by atoms with E-state index < -0.39 is 18.1 Å². The van der Waals surface area contributed by atoms with Gasteiger partial charge in [0.25, 0.3) is 5.91 Å². The summed E-state index contributed by atoms with van der Waals surface area (Å²) in [6.45, 7) is 6.68. The predicted molar refractivity (Wildman–Crippen MR) is 127 cm³/mol. The van der Waals surface area contributed by atoms with Crippen LogP contribution in [0.4, 0.5) is 0 Å². The number of carbonyl (C=O) groups is 3. The maximum absolute atomic E-state index is 12.6. The minimum atomic E-state index is -0.972. The summed E-state index contributed by atoms with van der Waals surface area (Å²) in [5.74, 6) is -1.55. The summed E-state index contributed by atoms with van der Waals surface area (Å²) in [6, 6.07) is 11.5. The van der Waals surface area contributed by atoms with Crippen LogP contribution in [-0.4, -0.2) is 53.0 Å². The molecule has 1 aromatic carbocycles. The molecule has 0 unspecified atom stereocenters. The van der Waals surface area contributed by atoms with Gasteiger partial charge in [0.05, 0.1) is 11.6 Å². The van der Waals surface area contributed by atoms with Crippen molar-refractivity contribution in [2.24, 2.45) is 5.41 Å². The molecule has 8 heteroatoms. The normalized spacial score (nSPS) is 13.1. The van der Waals surface area contributed by atoms with E-state index in [1.807, 2.05) is 51.1 Å². The number of aromatic nitrogens is 1. The molecule has 1 heterocycles. The smallest absolute Gasteiger partial charge is 0.320 e. The Labute approximate surface area is 195 Å². The van der Waals surface area contributed by atoms with Gasteiger partial charge in [-0.15, -0.1) is 0 Å². The molecule has 0 bridgehead atoms. The number of nitrogens with one attached hydrogen (secondary N) is 3. The second-order valence-corrected chi connectivity index (χ2v) is 9.28. The number of hydrogen-bond donors (Lipinski definition) is 4. The van der Waals surface area contributed by atoms with Crippen LogP contribution >= 0.6 is 0 Å². The Bertz CT molecular complexity index is 898. The maximum Gasteiger partial charge on any atom is 0.320 e. The number of aryl methyl sites for hydroxylation is 1. The summed E-state index contributed by atoms with van der Waals surface area (Å²) in [7, 11) is 0. The first-order valence-electron chi connectivity index (χ1n) is 11.1. The fraction of sp³-hybridized carbons (Fsp3) is 0.440. The summed E-state index contributed by atoms with van der Waals surface area (Å²) in [6.07, 6.45) is 4.03. The van der Waals surface area contributed by atoms with Crippen molar-refractivity contribution in [1.82, 2.24) is 20.9 Å². The molecular weight excluding hydrogens is 420 g/mol. The second-order valence-electron chi connectivity index (χ2n) is 9.28. The zero-order chi connectivity index (χ0) is 24.3. The number of carboxylic acid groups (broad SMARTS) is 1. The maximum atomic E-state index is 12.6. The molecule has 0 aliphatic carbocycles. The standard InChI is InChI=1S/C25H34N4O4/c1-25(2,3)17-28-22(30)14-20(29-23(31)19-10-7-13-26-15-19)16-27-21(24(32)33)12-11-18-8-5-4-6-9-18/h4-10,13,15,20-21,27H,11-12,14,16-17H2,1-3H3,(H,28,30)(H,29,31)(H,32,33)/t20-,21-/m0/s1. The Kier molecular flexibility index (Phi) is 10.00. The minimum Gasteiger partial charge on any atom is -0.480 e. The van der Waals surface area contributed by atoms with Crippen molar-refractivity contribution in [3.63, 3.8) is 0 Å². The zero-order valence-corrected chi connectivity index (χ0v) is 19.5. The number of aliphatic carboxylic acids is 1. The number of carboxylic acids is 1. The summed E-state index contributed by atoms with van der Waals surface area (Å²) in [4.78, 5) is 40.8. The van der Waals surface area contributed by atoms with E-state index in [1.54, 1.807) is 18.3 Å². The Morgan fingerprint density at radius 2 is 1.79 bits per heavy atom. The van der Waals surface area contributed by atoms with Crippen LogP contribution in [0.3, 0.4) is 0 Å². The lowest BCUT2D eigenvalue weighted by atomic mass is 9.97. The van der Waals surface area contributed by atoms with Gasteiger partial charge in [-0.3, -0.25) is 19.4 Å². The highest BCUT2D eigenvalue weighted by Crippen LogP contribution is 2.11. The van der Waals surface area contributed by atoms with Gasteiger partial charge in [0, 0.05) is 31.9 Å². The summed E-state index contributed by atoms with van der Waals surface area (Å²) >= 11 is 0. The average molecular weight is 455 g/mol. The number of nitrogens with zero attached hydrogens (tertiary/aromatic N) is 1. The van der Waals surface area contributed by atoms with Crippen LogP contribution in [-0.2, 0) is 16.0 Å². The molecular formula is C25H34N4O4. The van der Waals surface area contributed by atoms with Gasteiger partial charge in [-0.1, -0.05) is 51.1 Å². The van der Waals surface area contributed by atoms with E-state index in [-0.39, 0.29) is 30.2 Å². The molecule has 2 atom stereocenters. The first kappa shape index (κ1) is 26.0. The Balaban J connectivity index is 2.01. The third-order valence-corrected chi connectivity index (χ3v) is 4.98. The molecule has 0 saturated heterocycles. The molecule has 178 valence electrons. The van der Waals surface area contributed by atoms with Crippen LogP contribution in [0.2, 0.25) is 0 Å². The van der Waals surface area contributed by atoms with Crippen molar-refractivity contribution in [3.8, 4) is 0 Å². The lowest BCUT2D eigenvalue weighted by molar-refractivity contribution is -0.139. The highest BCUT2D eigenvalue weighted by Gasteiger charge is 2.23. The predicted octanol–water partition coefficient (Wildman–Crippen LogP) is 2.41. The Morgan fingerprint density at radius 3 is 2.39 bits per heavy atom. The zero-order valence-electron chi connectivity index (χ0n) is 19.5. The Hall–Kier alpha value is -3.26. The average Bonchev–Trinajstić information content (AvgIpc) is 2.78. The van der Waals surface area contributed by atoms with Crippen molar-refractivity contribution in [3.05, 3.63) is 66.0 Å². The fourth-order valence-corrected chi connectivity index (χ4v) is 3.15. The molecule has 2 amide bonds. The van der Waals surface area contributed by atoms with Crippen LogP contribution < -0.4 is 16.0 Å². The molecule has 1 aromatic heterocycles. The minimum absolute atomic E-state index is 0.0279. The molecule has 2 aromatic rings. The molecule has 0 saturated carbocycles. The van der Waals surface area contributed by atoms with Crippen LogP contribution in [0, 0.1) is 5.41 Å². The van der Waals surface area contributed by atoms with Crippen molar-refractivity contribution in [2.75, 3.05) is 13.1 Å². The van der Waals surface area contributed by atoms with Crippen LogP contribution in [0.5, 0.6) is 0 Å². The Morgan fingerprint density at radius 1 is 1.06 bits per heavy atom. The summed E-state index contributed by atoms with van der Waals surface area (Å²) in [5, 5.41) is 18.4. The van der Waals surface area contributed by atoms with Crippen molar-refractivity contribution >= 4 is 17.8 Å². The second kappa shape index (κ2) is 12.7. The van der Waals surface area contributed by atoms with Gasteiger partial charge >= 0.3 is 5.97 Å². The van der Waals surface area contributed by atoms with Crippen molar-refractivity contribution < 1.29 is 19.5 Å².